The first-order chi connectivity index (χ1) is 25.8. The molecule has 3 heterocycles. The van der Waals surface area contributed by atoms with Crippen molar-refractivity contribution in [2.75, 3.05) is 0 Å². The smallest absolute Gasteiger partial charge is 0.141 e. The van der Waals surface area contributed by atoms with Gasteiger partial charge in [-0.2, -0.15) is 37.1 Å². The monoisotopic (exact) mass is 939 g/mol. The summed E-state index contributed by atoms with van der Waals surface area (Å²) in [5.41, 5.74) is 12.3. The minimum atomic E-state index is -1.32. The first-order valence-corrected chi connectivity index (χ1v) is 22.6. The van der Waals surface area contributed by atoms with E-state index >= 15 is 0 Å². The largest absolute Gasteiger partial charge is 0.469 e. The van der Waals surface area contributed by atoms with E-state index in [-0.39, 0.29) is 31.3 Å². The van der Waals surface area contributed by atoms with Gasteiger partial charge < -0.3 is 13.6 Å². The van der Waals surface area contributed by atoms with Gasteiger partial charge in [-0.05, 0) is 34.9 Å². The normalized spacial score (nSPS) is 12.3. The number of nitrogens with zero attached hydrogens (tertiary/aromatic N) is 2. The summed E-state index contributed by atoms with van der Waals surface area (Å²) in [6.45, 7) is 29.0. The van der Waals surface area contributed by atoms with E-state index in [1.165, 1.54) is 34.0 Å². The Kier molecular flexibility index (Phi) is 12.4. The van der Waals surface area contributed by atoms with E-state index in [1.54, 1.807) is 12.1 Å². The van der Waals surface area contributed by atoms with Gasteiger partial charge in [0.05, 0.1) is 37.4 Å². The second kappa shape index (κ2) is 16.4. The first kappa shape index (κ1) is 42.4. The van der Waals surface area contributed by atoms with Crippen LogP contribution >= 0.6 is 0 Å². The molecule has 0 saturated heterocycles. The van der Waals surface area contributed by atoms with Crippen LogP contribution in [0.3, 0.4) is 0 Å². The summed E-state index contributed by atoms with van der Waals surface area (Å²) in [7, 11) is 7.12. The van der Waals surface area contributed by atoms with Crippen LogP contribution in [-0.2, 0) is 25.5 Å². The van der Waals surface area contributed by atoms with Gasteiger partial charge >= 0.3 is 0 Å². The topological polar surface area (TPSA) is 20.9 Å². The van der Waals surface area contributed by atoms with Crippen LogP contribution in [0, 0.1) is 39.7 Å². The third-order valence-electron chi connectivity index (χ3n) is 10.9. The van der Waals surface area contributed by atoms with E-state index in [4.69, 9.17) is 4.42 Å². The number of hydrogen-bond acceptors (Lipinski definition) is 1. The molecule has 0 N–H and O–H groups in total. The van der Waals surface area contributed by atoms with E-state index in [2.05, 4.69) is 150 Å². The zero-order valence-corrected chi connectivity index (χ0v) is 37.8. The Morgan fingerprint density at radius 2 is 1.36 bits per heavy atom. The van der Waals surface area contributed by atoms with Crippen molar-refractivity contribution >= 4 is 35.2 Å². The molecule has 0 aliphatic carbocycles. The summed E-state index contributed by atoms with van der Waals surface area (Å²) < 4.78 is 24.0. The van der Waals surface area contributed by atoms with Crippen LogP contribution in [0.15, 0.2) is 114 Å². The van der Waals surface area contributed by atoms with Gasteiger partial charge in [-0.3, -0.25) is 0 Å². The van der Waals surface area contributed by atoms with Crippen molar-refractivity contribution in [1.82, 2.24) is 0 Å². The molecule has 7 aromatic rings. The van der Waals surface area contributed by atoms with Crippen LogP contribution in [0.4, 0.5) is 4.39 Å². The molecule has 1 unspecified atom stereocenters. The Morgan fingerprint density at radius 3 is 1.98 bits per heavy atom. The third kappa shape index (κ3) is 8.63. The maximum Gasteiger partial charge on any atom is 0.141 e. The number of rotatable bonds is 6. The van der Waals surface area contributed by atoms with E-state index in [0.717, 1.165) is 61.1 Å². The van der Waals surface area contributed by atoms with Gasteiger partial charge in [0.1, 0.15) is 11.4 Å². The second-order valence-corrected chi connectivity index (χ2v) is 22.3. The molecule has 56 heavy (non-hydrogen) atoms. The Labute approximate surface area is 349 Å². The molecule has 0 spiro atoms. The molecular weight excluding hydrogens is 884 g/mol. The van der Waals surface area contributed by atoms with Crippen LogP contribution in [0.5, 0.6) is 0 Å². The standard InChI is InChI=1S/C30H27FNO.C20H28NSi.Ir/c1-18(2)20(4)22-15-16-32(5)27(17-22)28-19(3)9-14-26-25-8-6-7-24(29(25)33-30(26)28)21-10-12-23(31)13-11-21;1-15-9-10-16(20(2,3)4)13-18(15)19-12-11-17(14-21(19)5)22(6,7)8;/h6-18,20H,3,5H2,1-2,4H3;9-14H,1,5H2,2-4,6-8H3;/q2*-1;. The average molecular weight is 939 g/mol. The second-order valence-electron chi connectivity index (χ2n) is 17.3. The number of furan rings is 1. The molecule has 3 nitrogen and oxygen atoms in total. The van der Waals surface area contributed by atoms with Crippen molar-refractivity contribution in [3.63, 3.8) is 0 Å². The molecule has 0 saturated carbocycles. The molecule has 0 aliphatic heterocycles. The summed E-state index contributed by atoms with van der Waals surface area (Å²) in [6, 6.07) is 32.0. The summed E-state index contributed by atoms with van der Waals surface area (Å²) in [5, 5.41) is 3.47. The molecule has 1 radical (unpaired) electrons. The van der Waals surface area contributed by atoms with Crippen molar-refractivity contribution in [2.45, 2.75) is 72.5 Å². The fraction of sp³-hybridized carbons (Fsp3) is 0.240. The predicted octanol–water partition coefficient (Wildman–Crippen LogP) is 12.2. The Balaban J connectivity index is 0.000000229. The number of halogens is 1. The van der Waals surface area contributed by atoms with Crippen LogP contribution in [0.25, 0.3) is 55.6 Å². The molecule has 0 bridgehead atoms. The Bertz CT molecular complexity index is 2500. The van der Waals surface area contributed by atoms with Crippen LogP contribution < -0.4 is 14.3 Å². The zero-order chi connectivity index (χ0) is 40.0. The van der Waals surface area contributed by atoms with Gasteiger partial charge in [0.25, 0.3) is 0 Å². The van der Waals surface area contributed by atoms with Gasteiger partial charge in [0.15, 0.2) is 0 Å². The fourth-order valence-corrected chi connectivity index (χ4v) is 8.11. The van der Waals surface area contributed by atoms with Crippen molar-refractivity contribution in [1.29, 1.82) is 0 Å². The van der Waals surface area contributed by atoms with Crippen LogP contribution in [0.2, 0.25) is 19.6 Å². The minimum absolute atomic E-state index is 0. The summed E-state index contributed by atoms with van der Waals surface area (Å²) in [4.78, 5) is 0. The fourth-order valence-electron chi connectivity index (χ4n) is 6.98. The van der Waals surface area contributed by atoms with Crippen molar-refractivity contribution in [2.24, 2.45) is 5.92 Å². The SMILES string of the molecule is [CH2-]c1ccc(C(C)(C)C)cc1-c1ccc([Si](C)(C)C)c[n+]1[CH2-].[CH2-]c1ccc2c(oc3c(-c4ccc(F)cc4)cccc32)c1-c1cc(C(C)C(C)C)cc[n+]1[CH2-].[Ir]. The number of benzene rings is 4. The van der Waals surface area contributed by atoms with E-state index in [0.29, 0.717) is 11.8 Å². The number of pyridine rings is 2. The van der Waals surface area contributed by atoms with Gasteiger partial charge in [-0.25, -0.2) is 4.39 Å². The number of aromatic nitrogens is 2. The van der Waals surface area contributed by atoms with Gasteiger partial charge in [0, 0.05) is 50.5 Å². The van der Waals surface area contributed by atoms with Crippen molar-refractivity contribution < 1.29 is 38.0 Å². The van der Waals surface area contributed by atoms with Crippen LogP contribution in [-0.4, -0.2) is 8.07 Å². The molecule has 0 aliphatic rings. The molecule has 6 heteroatoms. The summed E-state index contributed by atoms with van der Waals surface area (Å²) >= 11 is 0. The average Bonchev–Trinajstić information content (AvgIpc) is 3.51. The van der Waals surface area contributed by atoms with Gasteiger partial charge in [-0.15, -0.1) is 23.8 Å². The number of hydrogen-bond donors (Lipinski definition) is 0. The molecule has 4 aromatic carbocycles. The molecule has 0 amide bonds. The minimum Gasteiger partial charge on any atom is -0.469 e. The molecule has 7 rings (SSSR count). The van der Waals surface area contributed by atoms with Crippen LogP contribution in [0.1, 0.15) is 69.7 Å². The first-order valence-electron chi connectivity index (χ1n) is 19.1. The zero-order valence-electron chi connectivity index (χ0n) is 34.4. The van der Waals surface area contributed by atoms with Crippen molar-refractivity contribution in [3.8, 4) is 33.6 Å². The Hall–Kier alpha value is -4.74. The van der Waals surface area contributed by atoms with E-state index in [1.807, 2.05) is 33.5 Å². The maximum atomic E-state index is 13.5. The quantitative estimate of drug-likeness (QED) is 0.0925. The van der Waals surface area contributed by atoms with E-state index < -0.39 is 8.07 Å². The molecule has 1 atom stereocenters. The molecule has 3 aromatic heterocycles. The Morgan fingerprint density at radius 1 is 0.696 bits per heavy atom. The molecular formula is C50H55FIrN2OSi-2. The number of para-hydroxylation sites is 1. The molecule has 0 fully saturated rings. The third-order valence-corrected chi connectivity index (χ3v) is 12.9. The van der Waals surface area contributed by atoms with Crippen molar-refractivity contribution in [3.05, 3.63) is 165 Å². The number of fused-ring (bicyclic) bond motifs is 3. The van der Waals surface area contributed by atoms with Gasteiger partial charge in [-0.1, -0.05) is 138 Å². The maximum absolute atomic E-state index is 13.5. The summed E-state index contributed by atoms with van der Waals surface area (Å²) in [5.74, 6) is 0.686. The predicted molar refractivity (Wildman–Crippen MR) is 232 cm³/mol. The summed E-state index contributed by atoms with van der Waals surface area (Å²) in [6.07, 6.45) is 4.19. The molecule has 293 valence electrons. The van der Waals surface area contributed by atoms with E-state index in [9.17, 15) is 4.39 Å². The van der Waals surface area contributed by atoms with Gasteiger partial charge in [0.2, 0.25) is 0 Å².